The molecular weight excluding hydrogens is 670 g/mol. The van der Waals surface area contributed by atoms with Gasteiger partial charge in [-0.3, -0.25) is 42.0 Å². The molecule has 4 aliphatic carbocycles. The Kier molecular flexibility index (Phi) is 13.6. The summed E-state index contributed by atoms with van der Waals surface area (Å²) in [6, 6.07) is 0. The number of hydrogen-bond acceptors (Lipinski definition) is 1. The Labute approximate surface area is 288 Å². The van der Waals surface area contributed by atoms with E-state index in [1.54, 1.807) is 0 Å². The molecule has 4 rings (SSSR count). The van der Waals surface area contributed by atoms with E-state index in [9.17, 15) is 0 Å². The summed E-state index contributed by atoms with van der Waals surface area (Å²) in [5, 5.41) is 10.1. The second-order valence-electron chi connectivity index (χ2n) is 15.5. The largest absolute Gasteiger partial charge is 0.331 e. The minimum Gasteiger partial charge on any atom is -0.252 e. The molecule has 15 nitrogen and oxygen atoms in total. The first-order valence-electron chi connectivity index (χ1n) is 16.6. The Bertz CT molecular complexity index is 1110. The van der Waals surface area contributed by atoms with E-state index in [1.165, 1.54) is 19.3 Å². The summed E-state index contributed by atoms with van der Waals surface area (Å²) in [7, 11) is 26.6. The topological polar surface area (TPSA) is 103 Å². The molecule has 0 spiro atoms. The van der Waals surface area contributed by atoms with E-state index in [0.717, 1.165) is 37.0 Å². The minimum absolute atomic E-state index is 0.126. The molecule has 0 amide bonds. The molecule has 0 atom stereocenters. The lowest BCUT2D eigenvalue weighted by molar-refractivity contribution is -0.00207. The van der Waals surface area contributed by atoms with E-state index in [4.69, 9.17) is 28.7 Å². The second-order valence-corrected chi connectivity index (χ2v) is 29.3. The summed E-state index contributed by atoms with van der Waals surface area (Å²) in [6.07, 6.45) is 7.42. The highest BCUT2D eigenvalue weighted by Crippen LogP contribution is 2.78. The van der Waals surface area contributed by atoms with E-state index < -0.39 is 30.0 Å². The van der Waals surface area contributed by atoms with Gasteiger partial charge in [0.2, 0.25) is 0 Å². The molecule has 0 unspecified atom stereocenters. The fourth-order valence-corrected chi connectivity index (χ4v) is 26.9. The van der Waals surface area contributed by atoms with Crippen LogP contribution in [0.25, 0.3) is 0 Å². The van der Waals surface area contributed by atoms with Crippen molar-refractivity contribution in [1.82, 2.24) is 42.0 Å². The van der Waals surface area contributed by atoms with Crippen LogP contribution in [0.1, 0.15) is 38.5 Å². The van der Waals surface area contributed by atoms with Crippen LogP contribution >= 0.6 is 30.0 Å². The zero-order chi connectivity index (χ0) is 35.9. The minimum atomic E-state index is -3.44. The van der Waals surface area contributed by atoms with Crippen LogP contribution < -0.4 is 0 Å². The van der Waals surface area contributed by atoms with Gasteiger partial charge in [-0.1, -0.05) is 4.85 Å². The lowest BCUT2D eigenvalue weighted by Crippen LogP contribution is -2.49. The molecule has 4 bridgehead atoms. The summed E-state index contributed by atoms with van der Waals surface area (Å²) in [5.74, 6) is 2.29. The van der Waals surface area contributed by atoms with Crippen molar-refractivity contribution in [3.8, 4) is 0 Å². The van der Waals surface area contributed by atoms with Gasteiger partial charge in [0, 0.05) is 0 Å². The molecule has 276 valence electrons. The van der Waals surface area contributed by atoms with Gasteiger partial charge in [-0.05, 0) is 188 Å². The lowest BCUT2D eigenvalue weighted by Gasteiger charge is -2.54. The molecule has 0 aromatic heterocycles. The molecule has 0 saturated heterocycles. The molecule has 0 heterocycles. The van der Waals surface area contributed by atoms with Crippen molar-refractivity contribution < 1.29 is 0 Å². The number of hydrogen-bond donors (Lipinski definition) is 0. The summed E-state index contributed by atoms with van der Waals surface area (Å²) in [4.78, 5) is 5.34. The quantitative estimate of drug-likeness (QED) is 0.104. The molecule has 0 aliphatic heterocycles. The molecule has 0 aromatic rings. The van der Waals surface area contributed by atoms with Gasteiger partial charge >= 0.3 is 7.51 Å². The van der Waals surface area contributed by atoms with E-state index in [1.807, 2.05) is 0 Å². The van der Waals surface area contributed by atoms with Crippen LogP contribution in [-0.2, 0) is 0 Å². The highest BCUT2D eigenvalue weighted by molar-refractivity contribution is 7.80. The Morgan fingerprint density at radius 2 is 0.638 bits per heavy atom. The Morgan fingerprint density at radius 1 is 0.404 bits per heavy atom. The molecule has 4 saturated carbocycles. The van der Waals surface area contributed by atoms with Gasteiger partial charge < -0.3 is 0 Å². The Morgan fingerprint density at radius 3 is 0.851 bits per heavy atom. The maximum Gasteiger partial charge on any atom is 0.331 e. The summed E-state index contributed by atoms with van der Waals surface area (Å²) in [5.41, 5.74) is -0.126. The Balaban J connectivity index is 2.69. The third-order valence-electron chi connectivity index (χ3n) is 9.97. The van der Waals surface area contributed by atoms with Crippen LogP contribution in [0.2, 0.25) is 0 Å². The fraction of sp³-hybridized carbons (Fsp3) is 1.00. The zero-order valence-corrected chi connectivity index (χ0v) is 36.5. The van der Waals surface area contributed by atoms with Crippen molar-refractivity contribution in [2.75, 3.05) is 127 Å². The monoisotopic (exact) mass is 739 g/mol. The van der Waals surface area contributed by atoms with Gasteiger partial charge in [-0.25, -0.2) is 0 Å². The average molecular weight is 740 g/mol. The van der Waals surface area contributed by atoms with Gasteiger partial charge in [0.25, 0.3) is 0 Å². The Hall–Kier alpha value is 0.160. The van der Waals surface area contributed by atoms with Gasteiger partial charge in [0.05, 0.1) is 5.54 Å². The fourth-order valence-electron chi connectivity index (χ4n) is 8.89. The van der Waals surface area contributed by atoms with Gasteiger partial charge in [0.1, 0.15) is 0 Å². The molecule has 4 fully saturated rings. The van der Waals surface area contributed by atoms with Crippen LogP contribution in [0.4, 0.5) is 0 Å². The van der Waals surface area contributed by atoms with E-state index in [-0.39, 0.29) is 5.54 Å². The van der Waals surface area contributed by atoms with Crippen LogP contribution in [0.5, 0.6) is 0 Å². The molecule has 19 heteroatoms. The number of nitrogens with zero attached hydrogens (tertiary/aromatic N) is 15. The first-order valence-corrected chi connectivity index (χ1v) is 23.0. The van der Waals surface area contributed by atoms with Crippen LogP contribution in [0.3, 0.4) is 0 Å². The maximum absolute atomic E-state index is 5.93. The third kappa shape index (κ3) is 7.84. The van der Waals surface area contributed by atoms with E-state index >= 15 is 0 Å². The SMILES string of the molecule is CN(C)P(=NP(=NN=NC12CC3CC(CC(C3)C1)C2)(N=P(N(C)C)(N(C)C)N(C)C)N=P(N(C)C)(N(C)C)N(C)C)(N(C)C)N(C)C. The van der Waals surface area contributed by atoms with Crippen LogP contribution in [0, 0.1) is 17.8 Å². The van der Waals surface area contributed by atoms with Gasteiger partial charge in [-0.15, -0.1) is 0 Å². The van der Waals surface area contributed by atoms with Gasteiger partial charge in [0.15, 0.2) is 22.5 Å². The summed E-state index contributed by atoms with van der Waals surface area (Å²) < 4.78 is 37.8. The van der Waals surface area contributed by atoms with E-state index in [2.05, 4.69) is 169 Å². The van der Waals surface area contributed by atoms with Crippen molar-refractivity contribution >= 4 is 30.0 Å². The second kappa shape index (κ2) is 15.4. The molecule has 0 aromatic carbocycles. The molecular formula is C28H69N15P4. The van der Waals surface area contributed by atoms with Crippen LogP contribution in [-0.4, -0.2) is 174 Å². The first-order chi connectivity index (χ1) is 21.6. The van der Waals surface area contributed by atoms with Crippen molar-refractivity contribution in [2.45, 2.75) is 44.1 Å². The molecule has 0 N–H and O–H groups in total. The maximum atomic E-state index is 5.93. The predicted octanol–water partition coefficient (Wildman–Crippen LogP) is 7.16. The molecule has 47 heavy (non-hydrogen) atoms. The van der Waals surface area contributed by atoms with Gasteiger partial charge in [-0.2, -0.15) is 18.7 Å². The predicted molar refractivity (Wildman–Crippen MR) is 206 cm³/mol. The first kappa shape index (κ1) is 41.6. The molecule has 4 aliphatic rings. The summed E-state index contributed by atoms with van der Waals surface area (Å²) in [6.45, 7) is 0. The van der Waals surface area contributed by atoms with Crippen molar-refractivity contribution in [2.24, 2.45) is 46.5 Å². The highest BCUT2D eigenvalue weighted by atomic mass is 31.3. The normalized spacial score (nSPS) is 25.8. The standard InChI is InChI=1S/C28H69N15P4/c1-35(2)45(36(3)4,37(5)6)32-44(33-46(38(7)8,39(9)10)40(11)12,34-47(41(13)14,42(15)16)43(17)18)31-30-29-28-22-25-19-26(23-28)21-27(20-25)24-28/h25-27H,19-24H2,1-18H3. The van der Waals surface area contributed by atoms with Crippen LogP contribution in [0.15, 0.2) is 28.7 Å². The van der Waals surface area contributed by atoms with Crippen molar-refractivity contribution in [1.29, 1.82) is 0 Å². The third-order valence-corrected chi connectivity index (χ3v) is 25.7. The van der Waals surface area contributed by atoms with Crippen molar-refractivity contribution in [3.63, 3.8) is 0 Å². The van der Waals surface area contributed by atoms with Crippen molar-refractivity contribution in [3.05, 3.63) is 0 Å². The summed E-state index contributed by atoms with van der Waals surface area (Å²) >= 11 is 0. The smallest absolute Gasteiger partial charge is 0.252 e. The average Bonchev–Trinajstić information content (AvgIpc) is 2.90. The molecule has 0 radical (unpaired) electrons. The zero-order valence-electron chi connectivity index (χ0n) is 33.0. The highest BCUT2D eigenvalue weighted by Gasteiger charge is 2.51. The van der Waals surface area contributed by atoms with E-state index in [0.29, 0.717) is 0 Å². The number of rotatable bonds is 14. The lowest BCUT2D eigenvalue weighted by atomic mass is 9.53.